The predicted octanol–water partition coefficient (Wildman–Crippen LogP) is 2.01. The minimum absolute atomic E-state index is 0.0238. The van der Waals surface area contributed by atoms with Crippen LogP contribution in [-0.4, -0.2) is 40.0 Å². The molecule has 0 unspecified atom stereocenters. The zero-order valence-corrected chi connectivity index (χ0v) is 13.7. The van der Waals surface area contributed by atoms with E-state index in [2.05, 4.69) is 5.32 Å². The standard InChI is InChI=1S/C16H13N3O8/c20-15(11-7-12(18(23)24)9-13(8-11)19(25)26)17-5-6-27-14-3-1-10(2-4-14)16(21)22/h1-4,7-9H,5-6H2,(H,17,20)(H,21,22). The van der Waals surface area contributed by atoms with E-state index < -0.39 is 33.1 Å². The molecule has 0 radical (unpaired) electrons. The molecule has 2 rings (SSSR count). The lowest BCUT2D eigenvalue weighted by Gasteiger charge is -2.08. The number of nitro benzene ring substituents is 2. The number of amides is 1. The van der Waals surface area contributed by atoms with E-state index in [1.807, 2.05) is 0 Å². The van der Waals surface area contributed by atoms with Crippen LogP contribution in [0, 0.1) is 20.2 Å². The van der Waals surface area contributed by atoms with Crippen molar-refractivity contribution in [3.8, 4) is 5.75 Å². The molecular formula is C16H13N3O8. The van der Waals surface area contributed by atoms with E-state index in [0.717, 1.165) is 18.2 Å². The number of hydrogen-bond acceptors (Lipinski definition) is 7. The molecule has 11 heteroatoms. The number of benzene rings is 2. The van der Waals surface area contributed by atoms with Crippen LogP contribution in [0.15, 0.2) is 42.5 Å². The Kier molecular flexibility index (Phi) is 5.99. The lowest BCUT2D eigenvalue weighted by Crippen LogP contribution is -2.28. The third-order valence-electron chi connectivity index (χ3n) is 3.34. The number of ether oxygens (including phenoxy) is 1. The van der Waals surface area contributed by atoms with Gasteiger partial charge in [-0.3, -0.25) is 25.0 Å². The highest BCUT2D eigenvalue weighted by molar-refractivity contribution is 5.95. The fourth-order valence-corrected chi connectivity index (χ4v) is 2.07. The molecule has 0 heterocycles. The van der Waals surface area contributed by atoms with E-state index in [0.29, 0.717) is 5.75 Å². The van der Waals surface area contributed by atoms with Gasteiger partial charge in [-0.15, -0.1) is 0 Å². The summed E-state index contributed by atoms with van der Waals surface area (Å²) < 4.78 is 5.33. The van der Waals surface area contributed by atoms with Crippen LogP contribution in [0.25, 0.3) is 0 Å². The maximum absolute atomic E-state index is 12.0. The van der Waals surface area contributed by atoms with Gasteiger partial charge in [-0.1, -0.05) is 0 Å². The third kappa shape index (κ3) is 5.22. The predicted molar refractivity (Wildman–Crippen MR) is 91.0 cm³/mol. The Morgan fingerprint density at radius 3 is 2.00 bits per heavy atom. The van der Waals surface area contributed by atoms with Crippen LogP contribution >= 0.6 is 0 Å². The van der Waals surface area contributed by atoms with Gasteiger partial charge in [0, 0.05) is 12.1 Å². The SMILES string of the molecule is O=C(O)c1ccc(OCCNC(=O)c2cc([N+](=O)[O-])cc([N+](=O)[O-])c2)cc1. The maximum atomic E-state index is 12.0. The van der Waals surface area contributed by atoms with Crippen LogP contribution in [0.5, 0.6) is 5.75 Å². The van der Waals surface area contributed by atoms with Crippen LogP contribution in [0.2, 0.25) is 0 Å². The summed E-state index contributed by atoms with van der Waals surface area (Å²) in [5.41, 5.74) is -1.25. The van der Waals surface area contributed by atoms with Crippen LogP contribution in [-0.2, 0) is 0 Å². The van der Waals surface area contributed by atoms with Crippen molar-refractivity contribution in [2.24, 2.45) is 0 Å². The molecule has 0 aliphatic rings. The number of aromatic carboxylic acids is 1. The van der Waals surface area contributed by atoms with Gasteiger partial charge in [-0.25, -0.2) is 4.79 Å². The van der Waals surface area contributed by atoms with E-state index in [-0.39, 0.29) is 24.3 Å². The molecule has 0 fully saturated rings. The van der Waals surface area contributed by atoms with Crippen molar-refractivity contribution in [2.45, 2.75) is 0 Å². The summed E-state index contributed by atoms with van der Waals surface area (Å²) in [5.74, 6) is -1.41. The first-order valence-electron chi connectivity index (χ1n) is 7.46. The number of nitrogens with one attached hydrogen (secondary N) is 1. The summed E-state index contributed by atoms with van der Waals surface area (Å²) >= 11 is 0. The number of carboxylic acid groups (broad SMARTS) is 1. The normalized spacial score (nSPS) is 10.1. The molecule has 2 N–H and O–H groups in total. The minimum Gasteiger partial charge on any atom is -0.492 e. The average Bonchev–Trinajstić information content (AvgIpc) is 2.64. The van der Waals surface area contributed by atoms with Crippen LogP contribution in [0.3, 0.4) is 0 Å². The molecular weight excluding hydrogens is 362 g/mol. The zero-order chi connectivity index (χ0) is 20.0. The van der Waals surface area contributed by atoms with Crippen molar-refractivity contribution >= 4 is 23.3 Å². The first kappa shape index (κ1) is 19.3. The first-order chi connectivity index (χ1) is 12.8. The van der Waals surface area contributed by atoms with Crippen molar-refractivity contribution < 1.29 is 29.3 Å². The van der Waals surface area contributed by atoms with Crippen LogP contribution < -0.4 is 10.1 Å². The molecule has 27 heavy (non-hydrogen) atoms. The van der Waals surface area contributed by atoms with Gasteiger partial charge >= 0.3 is 5.97 Å². The number of nitro groups is 2. The summed E-state index contributed by atoms with van der Waals surface area (Å²) in [6.45, 7) is 0.0607. The monoisotopic (exact) mass is 375 g/mol. The van der Waals surface area contributed by atoms with Crippen molar-refractivity contribution in [2.75, 3.05) is 13.2 Å². The van der Waals surface area contributed by atoms with Crippen molar-refractivity contribution in [3.05, 3.63) is 73.8 Å². The topological polar surface area (TPSA) is 162 Å². The lowest BCUT2D eigenvalue weighted by molar-refractivity contribution is -0.394. The number of rotatable bonds is 8. The number of carboxylic acids is 1. The number of non-ortho nitro benzene ring substituents is 2. The molecule has 140 valence electrons. The second kappa shape index (κ2) is 8.38. The summed E-state index contributed by atoms with van der Waals surface area (Å²) in [5, 5.41) is 32.9. The summed E-state index contributed by atoms with van der Waals surface area (Å²) in [6, 6.07) is 8.27. The molecule has 0 aromatic heterocycles. The summed E-state index contributed by atoms with van der Waals surface area (Å²) in [7, 11) is 0. The minimum atomic E-state index is -1.07. The quantitative estimate of drug-likeness (QED) is 0.402. The number of carbonyl (C=O) groups is 2. The third-order valence-corrected chi connectivity index (χ3v) is 3.34. The van der Waals surface area contributed by atoms with Gasteiger partial charge in [0.1, 0.15) is 12.4 Å². The van der Waals surface area contributed by atoms with E-state index in [1.54, 1.807) is 0 Å². The second-order valence-corrected chi connectivity index (χ2v) is 5.19. The molecule has 2 aromatic carbocycles. The van der Waals surface area contributed by atoms with Gasteiger partial charge in [0.2, 0.25) is 0 Å². The smallest absolute Gasteiger partial charge is 0.335 e. The van der Waals surface area contributed by atoms with E-state index in [1.165, 1.54) is 24.3 Å². The summed E-state index contributed by atoms with van der Waals surface area (Å²) in [6.07, 6.45) is 0. The maximum Gasteiger partial charge on any atom is 0.335 e. The Hall–Kier alpha value is -4.02. The Morgan fingerprint density at radius 1 is 0.963 bits per heavy atom. The van der Waals surface area contributed by atoms with Crippen LogP contribution in [0.1, 0.15) is 20.7 Å². The van der Waals surface area contributed by atoms with E-state index in [4.69, 9.17) is 9.84 Å². The molecule has 11 nitrogen and oxygen atoms in total. The number of nitrogens with zero attached hydrogens (tertiary/aromatic N) is 2. The molecule has 1 amide bonds. The van der Waals surface area contributed by atoms with Crippen molar-refractivity contribution in [1.29, 1.82) is 0 Å². The Morgan fingerprint density at radius 2 is 1.52 bits per heavy atom. The van der Waals surface area contributed by atoms with Gasteiger partial charge in [-0.05, 0) is 24.3 Å². The highest BCUT2D eigenvalue weighted by Gasteiger charge is 2.19. The Balaban J connectivity index is 1.94. The molecule has 0 saturated carbocycles. The molecule has 0 atom stereocenters. The molecule has 0 saturated heterocycles. The fourth-order valence-electron chi connectivity index (χ4n) is 2.07. The molecule has 0 spiro atoms. The first-order valence-corrected chi connectivity index (χ1v) is 7.46. The largest absolute Gasteiger partial charge is 0.492 e. The van der Waals surface area contributed by atoms with Gasteiger partial charge in [0.25, 0.3) is 17.3 Å². The molecule has 0 aliphatic heterocycles. The highest BCUT2D eigenvalue weighted by atomic mass is 16.6. The molecule has 0 aliphatic carbocycles. The number of carbonyl (C=O) groups excluding carboxylic acids is 1. The fraction of sp³-hybridized carbons (Fsp3) is 0.125. The molecule has 2 aromatic rings. The average molecular weight is 375 g/mol. The van der Waals surface area contributed by atoms with Gasteiger partial charge < -0.3 is 15.2 Å². The van der Waals surface area contributed by atoms with Gasteiger partial charge in [0.05, 0.1) is 33.6 Å². The van der Waals surface area contributed by atoms with Gasteiger partial charge in [0.15, 0.2) is 0 Å². The van der Waals surface area contributed by atoms with Gasteiger partial charge in [-0.2, -0.15) is 0 Å². The summed E-state index contributed by atoms with van der Waals surface area (Å²) in [4.78, 5) is 42.8. The van der Waals surface area contributed by atoms with Crippen LogP contribution in [0.4, 0.5) is 11.4 Å². The zero-order valence-electron chi connectivity index (χ0n) is 13.7. The van der Waals surface area contributed by atoms with Crippen molar-refractivity contribution in [3.63, 3.8) is 0 Å². The van der Waals surface area contributed by atoms with E-state index in [9.17, 15) is 29.8 Å². The van der Waals surface area contributed by atoms with Crippen molar-refractivity contribution in [1.82, 2.24) is 5.32 Å². The Labute approximate surface area is 151 Å². The number of hydrogen-bond donors (Lipinski definition) is 2. The highest BCUT2D eigenvalue weighted by Crippen LogP contribution is 2.22. The van der Waals surface area contributed by atoms with E-state index >= 15 is 0 Å². The lowest BCUT2D eigenvalue weighted by atomic mass is 10.1. The Bertz CT molecular complexity index is 863. The second-order valence-electron chi connectivity index (χ2n) is 5.19. The molecule has 0 bridgehead atoms.